The van der Waals surface area contributed by atoms with E-state index in [9.17, 15) is 18.0 Å². The summed E-state index contributed by atoms with van der Waals surface area (Å²) in [6.07, 6.45) is -2.28. The van der Waals surface area contributed by atoms with E-state index in [1.165, 1.54) is 12.1 Å². The first-order chi connectivity index (χ1) is 15.8. The first kappa shape index (κ1) is 23.9. The molecule has 0 bridgehead atoms. The number of benzene rings is 2. The molecule has 0 saturated heterocycles. The molecule has 0 aliphatic heterocycles. The summed E-state index contributed by atoms with van der Waals surface area (Å²) < 4.78 is 40.7. The van der Waals surface area contributed by atoms with Crippen LogP contribution in [-0.4, -0.2) is 31.7 Å². The number of alkyl halides is 3. The smallest absolute Gasteiger partial charge is 0.347 e. The van der Waals surface area contributed by atoms with Crippen LogP contribution < -0.4 is 5.32 Å². The van der Waals surface area contributed by atoms with E-state index in [-0.39, 0.29) is 16.9 Å². The van der Waals surface area contributed by atoms with Crippen LogP contribution in [0, 0.1) is 5.92 Å². The maximum atomic E-state index is 13.2. The number of carbonyl (C=O) groups is 1. The van der Waals surface area contributed by atoms with Crippen LogP contribution in [0.2, 0.25) is 0 Å². The lowest BCUT2D eigenvalue weighted by atomic mass is 9.95. The maximum Gasteiger partial charge on any atom is 0.416 e. The molecule has 1 heterocycles. The molecule has 1 amide bonds. The number of rotatable bonds is 5. The quantitative estimate of drug-likeness (QED) is 0.529. The van der Waals surface area contributed by atoms with Crippen molar-refractivity contribution in [2.45, 2.75) is 64.6 Å². The number of carbonyl (C=O) groups excluding carboxylic acids is 1. The van der Waals surface area contributed by atoms with Crippen molar-refractivity contribution in [3.8, 4) is 16.8 Å². The number of nitrogens with zero attached hydrogens (tertiary/aromatic N) is 4. The molecule has 1 N–H and O–H groups in total. The summed E-state index contributed by atoms with van der Waals surface area (Å²) in [5.74, 6) is 0.778. The molecule has 1 fully saturated rings. The number of amides is 1. The Labute approximate surface area is 196 Å². The Kier molecular flexibility index (Phi) is 5.78. The molecular formula is C25H28F3N5O. The fourth-order valence-electron chi connectivity index (χ4n) is 3.98. The highest BCUT2D eigenvalue weighted by atomic mass is 19.4. The Morgan fingerprint density at radius 2 is 1.62 bits per heavy atom. The van der Waals surface area contributed by atoms with E-state index in [4.69, 9.17) is 0 Å². The van der Waals surface area contributed by atoms with Gasteiger partial charge in [-0.05, 0) is 84.5 Å². The Morgan fingerprint density at radius 3 is 2.18 bits per heavy atom. The first-order valence-electron chi connectivity index (χ1n) is 11.2. The van der Waals surface area contributed by atoms with Gasteiger partial charge < -0.3 is 5.32 Å². The van der Waals surface area contributed by atoms with Gasteiger partial charge in [0.2, 0.25) is 0 Å². The van der Waals surface area contributed by atoms with Crippen LogP contribution in [0.15, 0.2) is 42.5 Å². The van der Waals surface area contributed by atoms with E-state index in [1.807, 2.05) is 34.6 Å². The van der Waals surface area contributed by atoms with Crippen molar-refractivity contribution in [3.05, 3.63) is 59.4 Å². The third-order valence-electron chi connectivity index (χ3n) is 6.14. The average molecular weight is 472 g/mol. The monoisotopic (exact) mass is 471 g/mol. The van der Waals surface area contributed by atoms with Crippen LogP contribution in [0.4, 0.5) is 13.2 Å². The van der Waals surface area contributed by atoms with Crippen molar-refractivity contribution >= 4 is 5.91 Å². The van der Waals surface area contributed by atoms with Crippen LogP contribution >= 0.6 is 0 Å². The Bertz CT molecular complexity index is 1200. The summed E-state index contributed by atoms with van der Waals surface area (Å²) in [6, 6.07) is 10.1. The van der Waals surface area contributed by atoms with Gasteiger partial charge in [0.15, 0.2) is 5.82 Å². The minimum absolute atomic E-state index is 0.253. The normalized spacial score (nSPS) is 14.8. The lowest BCUT2D eigenvalue weighted by molar-refractivity contribution is -0.137. The van der Waals surface area contributed by atoms with E-state index in [2.05, 4.69) is 20.8 Å². The molecule has 180 valence electrons. The zero-order valence-electron chi connectivity index (χ0n) is 19.9. The molecule has 1 aliphatic rings. The van der Waals surface area contributed by atoms with Crippen LogP contribution in [0.5, 0.6) is 0 Å². The third-order valence-corrected chi connectivity index (χ3v) is 6.14. The summed E-state index contributed by atoms with van der Waals surface area (Å²) in [7, 11) is 0. The minimum Gasteiger partial charge on any atom is -0.347 e. The van der Waals surface area contributed by atoms with Crippen molar-refractivity contribution in [1.82, 2.24) is 25.5 Å². The molecule has 0 spiro atoms. The van der Waals surface area contributed by atoms with Gasteiger partial charge >= 0.3 is 6.18 Å². The molecule has 9 heteroatoms. The van der Waals surface area contributed by atoms with Crippen molar-refractivity contribution in [2.75, 3.05) is 0 Å². The van der Waals surface area contributed by atoms with Crippen LogP contribution in [0.3, 0.4) is 0 Å². The van der Waals surface area contributed by atoms with E-state index in [1.54, 1.807) is 22.9 Å². The minimum atomic E-state index is -4.42. The van der Waals surface area contributed by atoms with Gasteiger partial charge in [0, 0.05) is 16.5 Å². The Balaban J connectivity index is 1.80. The van der Waals surface area contributed by atoms with Gasteiger partial charge in [-0.15, -0.1) is 5.10 Å². The number of aromatic nitrogens is 4. The summed E-state index contributed by atoms with van der Waals surface area (Å²) in [5.41, 5.74) is 0.633. The summed E-state index contributed by atoms with van der Waals surface area (Å²) in [5, 5.41) is 15.2. The largest absolute Gasteiger partial charge is 0.416 e. The Hall–Kier alpha value is -3.23. The van der Waals surface area contributed by atoms with Gasteiger partial charge in [-0.1, -0.05) is 32.9 Å². The summed E-state index contributed by atoms with van der Waals surface area (Å²) in [6.45, 7) is 9.92. The molecule has 2 aromatic carbocycles. The van der Waals surface area contributed by atoms with E-state index in [0.29, 0.717) is 34.1 Å². The molecule has 1 saturated carbocycles. The molecule has 0 radical (unpaired) electrons. The molecule has 34 heavy (non-hydrogen) atoms. The highest BCUT2D eigenvalue weighted by Crippen LogP contribution is 2.39. The van der Waals surface area contributed by atoms with E-state index < -0.39 is 11.7 Å². The predicted molar refractivity (Wildman–Crippen MR) is 123 cm³/mol. The first-order valence-corrected chi connectivity index (χ1v) is 11.2. The van der Waals surface area contributed by atoms with Gasteiger partial charge in [-0.25, -0.2) is 0 Å². The number of hydrogen-bond acceptors (Lipinski definition) is 4. The summed E-state index contributed by atoms with van der Waals surface area (Å²) >= 11 is 0. The second kappa shape index (κ2) is 8.21. The average Bonchev–Trinajstić information content (AvgIpc) is 3.49. The third kappa shape index (κ3) is 4.98. The van der Waals surface area contributed by atoms with Crippen molar-refractivity contribution in [2.24, 2.45) is 5.92 Å². The molecule has 1 aliphatic carbocycles. The second-order valence-corrected chi connectivity index (χ2v) is 10.5. The molecule has 6 nitrogen and oxygen atoms in total. The van der Waals surface area contributed by atoms with Gasteiger partial charge in [0.05, 0.1) is 11.3 Å². The zero-order chi connectivity index (χ0) is 24.9. The predicted octanol–water partition coefficient (Wildman–Crippen LogP) is 5.56. The van der Waals surface area contributed by atoms with Gasteiger partial charge in [0.25, 0.3) is 5.91 Å². The van der Waals surface area contributed by atoms with Crippen LogP contribution in [0.1, 0.15) is 69.2 Å². The molecule has 0 unspecified atom stereocenters. The van der Waals surface area contributed by atoms with Crippen LogP contribution in [0.25, 0.3) is 16.8 Å². The fraction of sp³-hybridized carbons (Fsp3) is 0.440. The van der Waals surface area contributed by atoms with Crippen molar-refractivity contribution < 1.29 is 18.0 Å². The topological polar surface area (TPSA) is 72.7 Å². The second-order valence-electron chi connectivity index (χ2n) is 10.5. The van der Waals surface area contributed by atoms with Gasteiger partial charge in [-0.3, -0.25) is 4.79 Å². The fourth-order valence-corrected chi connectivity index (χ4v) is 3.98. The number of tetrazole rings is 1. The molecule has 0 atom stereocenters. The molecular weight excluding hydrogens is 443 g/mol. The molecule has 4 rings (SSSR count). The Morgan fingerprint density at radius 1 is 0.971 bits per heavy atom. The number of nitrogens with one attached hydrogen (secondary N) is 1. The van der Waals surface area contributed by atoms with Gasteiger partial charge in [0.1, 0.15) is 0 Å². The highest BCUT2D eigenvalue weighted by Gasteiger charge is 2.39. The lowest BCUT2D eigenvalue weighted by Crippen LogP contribution is -2.45. The number of hydrogen-bond donors (Lipinski definition) is 1. The lowest BCUT2D eigenvalue weighted by Gasteiger charge is -2.26. The van der Waals surface area contributed by atoms with Crippen LogP contribution in [-0.2, 0) is 11.6 Å². The standard InChI is InChI=1S/C25H28F3N5O/c1-23(2,3)22-30-31-32-33(22)20-13-16(15-6-8-19(9-7-15)25(26,27)28)12-17(14-20)21(34)29-24(4,5)18-10-11-18/h6-9,12-14,18H,10-11H2,1-5H3,(H,29,34). The van der Waals surface area contributed by atoms with E-state index >= 15 is 0 Å². The van der Waals surface area contributed by atoms with Crippen molar-refractivity contribution in [1.29, 1.82) is 0 Å². The molecule has 3 aromatic rings. The van der Waals surface area contributed by atoms with Crippen molar-refractivity contribution in [3.63, 3.8) is 0 Å². The van der Waals surface area contributed by atoms with E-state index in [0.717, 1.165) is 25.0 Å². The maximum absolute atomic E-state index is 13.2. The SMILES string of the molecule is CC(C)(C)c1nnnn1-c1cc(C(=O)NC(C)(C)C2CC2)cc(-c2ccc(C(F)(F)F)cc2)c1. The summed E-state index contributed by atoms with van der Waals surface area (Å²) in [4.78, 5) is 13.2. The highest BCUT2D eigenvalue weighted by molar-refractivity contribution is 5.96. The molecule has 1 aromatic heterocycles. The number of halogens is 3. The van der Waals surface area contributed by atoms with Gasteiger partial charge in [-0.2, -0.15) is 17.9 Å². The zero-order valence-corrected chi connectivity index (χ0v) is 19.9.